The number of hydrogen-bond acceptors (Lipinski definition) is 4. The topological polar surface area (TPSA) is 42.4 Å². The highest BCUT2D eigenvalue weighted by Gasteiger charge is 2.31. The van der Waals surface area contributed by atoms with Gasteiger partial charge in [0.25, 0.3) is 5.91 Å². The highest BCUT2D eigenvalue weighted by atomic mass is 32.1. The van der Waals surface area contributed by atoms with E-state index in [1.165, 1.54) is 16.9 Å². The Morgan fingerprint density at radius 1 is 1.38 bits per heavy atom. The average Bonchev–Trinajstić information content (AvgIpc) is 3.15. The van der Waals surface area contributed by atoms with Crippen molar-refractivity contribution in [2.24, 2.45) is 0 Å². The Morgan fingerprint density at radius 3 is 2.76 bits per heavy atom. The summed E-state index contributed by atoms with van der Waals surface area (Å²) in [5.41, 5.74) is 3.73. The molecule has 0 bridgehead atoms. The summed E-state index contributed by atoms with van der Waals surface area (Å²) in [6, 6.07) is 8.16. The van der Waals surface area contributed by atoms with Crippen LogP contribution in [-0.2, 0) is 0 Å². The molecule has 0 radical (unpaired) electrons. The van der Waals surface area contributed by atoms with Crippen LogP contribution in [0.5, 0.6) is 5.75 Å². The van der Waals surface area contributed by atoms with Gasteiger partial charge in [-0.05, 0) is 37.5 Å². The average molecular weight is 302 g/mol. The molecule has 0 saturated carbocycles. The normalized spacial score (nSPS) is 18.0. The fraction of sp³-hybridized carbons (Fsp3) is 0.375. The van der Waals surface area contributed by atoms with Gasteiger partial charge in [0.2, 0.25) is 0 Å². The van der Waals surface area contributed by atoms with E-state index >= 15 is 0 Å². The van der Waals surface area contributed by atoms with Crippen LogP contribution in [0.2, 0.25) is 0 Å². The number of ether oxygens (including phenoxy) is 1. The van der Waals surface area contributed by atoms with Gasteiger partial charge in [0.15, 0.2) is 0 Å². The van der Waals surface area contributed by atoms with Crippen LogP contribution >= 0.6 is 11.3 Å². The Labute approximate surface area is 128 Å². The highest BCUT2D eigenvalue weighted by molar-refractivity contribution is 7.11. The summed E-state index contributed by atoms with van der Waals surface area (Å²) < 4.78 is 5.19. The van der Waals surface area contributed by atoms with Gasteiger partial charge < -0.3 is 9.64 Å². The fourth-order valence-electron chi connectivity index (χ4n) is 2.82. The van der Waals surface area contributed by atoms with E-state index in [0.717, 1.165) is 35.7 Å². The number of methoxy groups -OCH3 is 1. The molecule has 0 spiro atoms. The molecule has 0 N–H and O–H groups in total. The van der Waals surface area contributed by atoms with E-state index in [0.29, 0.717) is 0 Å². The quantitative estimate of drug-likeness (QED) is 0.872. The predicted molar refractivity (Wildman–Crippen MR) is 82.9 cm³/mol. The number of thiazole rings is 1. The van der Waals surface area contributed by atoms with Crippen LogP contribution in [-0.4, -0.2) is 29.4 Å². The van der Waals surface area contributed by atoms with E-state index in [4.69, 9.17) is 4.74 Å². The molecule has 4 nitrogen and oxygen atoms in total. The van der Waals surface area contributed by atoms with Crippen LogP contribution in [0.4, 0.5) is 0 Å². The zero-order valence-electron chi connectivity index (χ0n) is 12.2. The maximum Gasteiger partial charge on any atom is 0.266 e. The predicted octanol–water partition coefficient (Wildman–Crippen LogP) is 3.44. The molecule has 1 atom stereocenters. The molecular weight excluding hydrogens is 284 g/mol. The number of carbonyl (C=O) groups excluding carboxylic acids is 1. The molecule has 1 aromatic heterocycles. The first-order valence-corrected chi connectivity index (χ1v) is 7.93. The van der Waals surface area contributed by atoms with E-state index in [1.54, 1.807) is 12.6 Å². The molecule has 3 rings (SSSR count). The highest BCUT2D eigenvalue weighted by Crippen LogP contribution is 2.34. The monoisotopic (exact) mass is 302 g/mol. The molecule has 1 aliphatic rings. The Balaban J connectivity index is 1.85. The van der Waals surface area contributed by atoms with Gasteiger partial charge in [-0.1, -0.05) is 12.1 Å². The lowest BCUT2D eigenvalue weighted by Gasteiger charge is -2.25. The lowest BCUT2D eigenvalue weighted by molar-refractivity contribution is 0.0739. The van der Waals surface area contributed by atoms with Gasteiger partial charge in [-0.15, -0.1) is 11.3 Å². The van der Waals surface area contributed by atoms with Crippen molar-refractivity contribution < 1.29 is 9.53 Å². The second-order valence-corrected chi connectivity index (χ2v) is 6.05. The van der Waals surface area contributed by atoms with Crippen molar-refractivity contribution in [3.05, 3.63) is 45.9 Å². The molecule has 1 unspecified atom stereocenters. The largest absolute Gasteiger partial charge is 0.497 e. The van der Waals surface area contributed by atoms with Gasteiger partial charge >= 0.3 is 0 Å². The molecule has 1 fully saturated rings. The molecule has 1 amide bonds. The SMILES string of the molecule is COc1ccc(C2CCCN2C(=O)c2scnc2C)cc1. The third-order valence-corrected chi connectivity index (χ3v) is 4.87. The number of hydrogen-bond donors (Lipinski definition) is 0. The van der Waals surface area contributed by atoms with Crippen molar-refractivity contribution in [2.75, 3.05) is 13.7 Å². The molecule has 5 heteroatoms. The number of carbonyl (C=O) groups is 1. The number of amides is 1. The summed E-state index contributed by atoms with van der Waals surface area (Å²) in [6.07, 6.45) is 2.05. The molecule has 2 aromatic rings. The van der Waals surface area contributed by atoms with Crippen LogP contribution in [0.25, 0.3) is 0 Å². The second-order valence-electron chi connectivity index (χ2n) is 5.20. The standard InChI is InChI=1S/C16H18N2O2S/c1-11-15(21-10-17-11)16(19)18-9-3-4-14(18)12-5-7-13(20-2)8-6-12/h5-8,10,14H,3-4,9H2,1-2H3. The first kappa shape index (κ1) is 14.1. The minimum atomic E-state index is 0.105. The molecular formula is C16H18N2O2S. The van der Waals surface area contributed by atoms with E-state index in [-0.39, 0.29) is 11.9 Å². The third kappa shape index (κ3) is 2.65. The van der Waals surface area contributed by atoms with Crippen LogP contribution < -0.4 is 4.74 Å². The third-order valence-electron chi connectivity index (χ3n) is 3.95. The number of nitrogens with zero attached hydrogens (tertiary/aromatic N) is 2. The van der Waals surface area contributed by atoms with Gasteiger partial charge in [0, 0.05) is 6.54 Å². The summed E-state index contributed by atoms with van der Waals surface area (Å²) in [5.74, 6) is 0.946. The van der Waals surface area contributed by atoms with Gasteiger partial charge in [0.1, 0.15) is 10.6 Å². The molecule has 2 heterocycles. The lowest BCUT2D eigenvalue weighted by atomic mass is 10.0. The van der Waals surface area contributed by atoms with Crippen molar-refractivity contribution >= 4 is 17.2 Å². The number of aromatic nitrogens is 1. The number of rotatable bonds is 3. The molecule has 1 aliphatic heterocycles. The summed E-state index contributed by atoms with van der Waals surface area (Å²) in [6.45, 7) is 2.70. The van der Waals surface area contributed by atoms with Gasteiger partial charge in [-0.3, -0.25) is 4.79 Å². The van der Waals surface area contributed by atoms with E-state index < -0.39 is 0 Å². The Kier molecular flexibility index (Phi) is 3.92. The minimum absolute atomic E-state index is 0.105. The minimum Gasteiger partial charge on any atom is -0.497 e. The van der Waals surface area contributed by atoms with E-state index in [1.807, 2.05) is 24.0 Å². The molecule has 1 aromatic carbocycles. The molecule has 110 valence electrons. The van der Waals surface area contributed by atoms with E-state index in [9.17, 15) is 4.79 Å². The molecule has 21 heavy (non-hydrogen) atoms. The van der Waals surface area contributed by atoms with Crippen LogP contribution in [0.15, 0.2) is 29.8 Å². The van der Waals surface area contributed by atoms with Gasteiger partial charge in [-0.2, -0.15) is 0 Å². The van der Waals surface area contributed by atoms with Crippen LogP contribution in [0, 0.1) is 6.92 Å². The lowest BCUT2D eigenvalue weighted by Crippen LogP contribution is -2.30. The van der Waals surface area contributed by atoms with Crippen molar-refractivity contribution in [1.82, 2.24) is 9.88 Å². The van der Waals surface area contributed by atoms with Crippen molar-refractivity contribution in [2.45, 2.75) is 25.8 Å². The Hall–Kier alpha value is -1.88. The number of aryl methyl sites for hydroxylation is 1. The van der Waals surface area contributed by atoms with E-state index in [2.05, 4.69) is 17.1 Å². The number of likely N-dealkylation sites (tertiary alicyclic amines) is 1. The fourth-order valence-corrected chi connectivity index (χ4v) is 3.58. The van der Waals surface area contributed by atoms with Crippen LogP contribution in [0.3, 0.4) is 0 Å². The van der Waals surface area contributed by atoms with Crippen LogP contribution in [0.1, 0.15) is 39.8 Å². The molecule has 1 saturated heterocycles. The summed E-state index contributed by atoms with van der Waals surface area (Å²) >= 11 is 1.43. The van der Waals surface area contributed by atoms with Gasteiger partial charge in [-0.25, -0.2) is 4.98 Å². The maximum atomic E-state index is 12.7. The zero-order valence-corrected chi connectivity index (χ0v) is 13.0. The second kappa shape index (κ2) is 5.85. The first-order valence-electron chi connectivity index (χ1n) is 7.05. The zero-order chi connectivity index (χ0) is 14.8. The summed E-state index contributed by atoms with van der Waals surface area (Å²) in [5, 5.41) is 0. The number of benzene rings is 1. The maximum absolute atomic E-state index is 12.7. The first-order chi connectivity index (χ1) is 10.2. The molecule has 0 aliphatic carbocycles. The van der Waals surface area contributed by atoms with Crippen molar-refractivity contribution in [3.8, 4) is 5.75 Å². The summed E-state index contributed by atoms with van der Waals surface area (Å²) in [4.78, 5) is 19.6. The Morgan fingerprint density at radius 2 is 2.14 bits per heavy atom. The van der Waals surface area contributed by atoms with Crippen molar-refractivity contribution in [3.63, 3.8) is 0 Å². The van der Waals surface area contributed by atoms with Crippen molar-refractivity contribution in [1.29, 1.82) is 0 Å². The smallest absolute Gasteiger partial charge is 0.266 e. The summed E-state index contributed by atoms with van der Waals surface area (Å²) in [7, 11) is 1.66. The van der Waals surface area contributed by atoms with Gasteiger partial charge in [0.05, 0.1) is 24.4 Å². The Bertz CT molecular complexity index is 636.